The summed E-state index contributed by atoms with van der Waals surface area (Å²) < 4.78 is 6.12. The second kappa shape index (κ2) is 6.30. The number of carbonyl (C=O) groups excluding carboxylic acids is 1. The number of hydrogen-bond donors (Lipinski definition) is 0. The van der Waals surface area contributed by atoms with Gasteiger partial charge in [-0.1, -0.05) is 18.2 Å². The minimum absolute atomic E-state index is 0.255. The lowest BCUT2D eigenvalue weighted by Gasteiger charge is -2.13. The van der Waals surface area contributed by atoms with Crippen molar-refractivity contribution in [3.63, 3.8) is 0 Å². The van der Waals surface area contributed by atoms with Gasteiger partial charge in [-0.05, 0) is 46.2 Å². The molecule has 0 fully saturated rings. The highest BCUT2D eigenvalue weighted by molar-refractivity contribution is 5.81. The lowest BCUT2D eigenvalue weighted by atomic mass is 10.2. The van der Waals surface area contributed by atoms with Gasteiger partial charge < -0.3 is 0 Å². The summed E-state index contributed by atoms with van der Waals surface area (Å²) in [7, 11) is 1.57. The molecule has 4 rings (SSSR count). The second-order valence-corrected chi connectivity index (χ2v) is 7.52. The van der Waals surface area contributed by atoms with E-state index < -0.39 is 17.3 Å². The minimum Gasteiger partial charge on any atom is -0.298 e. The van der Waals surface area contributed by atoms with Crippen molar-refractivity contribution in [2.75, 3.05) is 0 Å². The first-order valence-corrected chi connectivity index (χ1v) is 9.44. The van der Waals surface area contributed by atoms with E-state index in [-0.39, 0.29) is 5.78 Å². The van der Waals surface area contributed by atoms with E-state index >= 15 is 0 Å². The van der Waals surface area contributed by atoms with Crippen LogP contribution in [-0.2, 0) is 11.8 Å². The van der Waals surface area contributed by atoms with Crippen LogP contribution >= 0.6 is 0 Å². The molecule has 0 aliphatic rings. The van der Waals surface area contributed by atoms with Crippen LogP contribution in [0, 0.1) is 20.8 Å². The van der Waals surface area contributed by atoms with E-state index in [9.17, 15) is 14.4 Å². The van der Waals surface area contributed by atoms with E-state index in [4.69, 9.17) is 0 Å². The molecule has 1 aromatic carbocycles. The molecule has 3 aromatic heterocycles. The van der Waals surface area contributed by atoms with Gasteiger partial charge in [-0.15, -0.1) is 0 Å². The average Bonchev–Trinajstić information content (AvgIpc) is 3.17. The van der Waals surface area contributed by atoms with Gasteiger partial charge in [0.15, 0.2) is 16.9 Å². The average molecular weight is 393 g/mol. The molecule has 0 unspecified atom stereocenters. The zero-order chi connectivity index (χ0) is 21.2. The summed E-state index contributed by atoms with van der Waals surface area (Å²) >= 11 is 0. The summed E-state index contributed by atoms with van der Waals surface area (Å²) in [5.74, 6) is 0.305. The standard InChI is InChI=1S/C21H23N5O3/c1-11-9-7-8-10-16(11)24-12(2)13(3)25-17-18(22-20(24)25)23(6)21(29)26(19(17)28)14(4)15(5)27/h7-10,14H,1-6H3/t14-/m0/s1. The number of aryl methyl sites for hydroxylation is 3. The Morgan fingerprint density at radius 1 is 1.07 bits per heavy atom. The Kier molecular flexibility index (Phi) is 4.11. The summed E-state index contributed by atoms with van der Waals surface area (Å²) in [5, 5.41) is 0. The Morgan fingerprint density at radius 3 is 2.34 bits per heavy atom. The van der Waals surface area contributed by atoms with E-state index in [1.165, 1.54) is 11.5 Å². The largest absolute Gasteiger partial charge is 0.333 e. The SMILES string of the molecule is CC(=O)[C@H](C)n1c(=O)c2c(nc3n(-c4ccccc4C)c(C)c(C)n23)n(C)c1=O. The monoisotopic (exact) mass is 393 g/mol. The molecule has 150 valence electrons. The number of benzene rings is 1. The normalized spacial score (nSPS) is 12.8. The molecule has 3 heterocycles. The van der Waals surface area contributed by atoms with Gasteiger partial charge in [-0.2, -0.15) is 4.98 Å². The summed E-state index contributed by atoms with van der Waals surface area (Å²) in [6.45, 7) is 8.84. The predicted octanol–water partition coefficient (Wildman–Crippen LogP) is 2.21. The van der Waals surface area contributed by atoms with Crippen LogP contribution in [0.15, 0.2) is 33.9 Å². The van der Waals surface area contributed by atoms with Gasteiger partial charge in [-0.3, -0.25) is 23.1 Å². The molecule has 0 saturated carbocycles. The number of ketones is 1. The van der Waals surface area contributed by atoms with Crippen LogP contribution in [0.4, 0.5) is 0 Å². The highest BCUT2D eigenvalue weighted by Gasteiger charge is 2.26. The number of carbonyl (C=O) groups is 1. The summed E-state index contributed by atoms with van der Waals surface area (Å²) in [4.78, 5) is 42.7. The molecule has 0 spiro atoms. The number of nitrogens with zero attached hydrogens (tertiary/aromatic N) is 5. The number of imidazole rings is 2. The fourth-order valence-electron chi connectivity index (χ4n) is 3.84. The van der Waals surface area contributed by atoms with Crippen molar-refractivity contribution in [2.45, 2.75) is 40.7 Å². The Balaban J connectivity index is 2.23. The van der Waals surface area contributed by atoms with Crippen LogP contribution in [0.25, 0.3) is 22.6 Å². The molecule has 0 radical (unpaired) electrons. The topological polar surface area (TPSA) is 83.3 Å². The van der Waals surface area contributed by atoms with Gasteiger partial charge in [0, 0.05) is 18.4 Å². The Bertz CT molecular complexity index is 1430. The molecule has 0 aliphatic heterocycles. The molecular formula is C21H23N5O3. The first-order chi connectivity index (χ1) is 13.7. The first kappa shape index (κ1) is 18.9. The molecule has 0 bridgehead atoms. The number of rotatable bonds is 3. The summed E-state index contributed by atoms with van der Waals surface area (Å²) in [6.07, 6.45) is 0. The lowest BCUT2D eigenvalue weighted by molar-refractivity contribution is -0.119. The Morgan fingerprint density at radius 2 is 1.72 bits per heavy atom. The summed E-state index contributed by atoms with van der Waals surface area (Å²) in [6, 6.07) is 7.08. The van der Waals surface area contributed by atoms with Gasteiger partial charge in [-0.25, -0.2) is 9.36 Å². The van der Waals surface area contributed by atoms with Crippen molar-refractivity contribution in [1.82, 2.24) is 23.1 Å². The van der Waals surface area contributed by atoms with Crippen LogP contribution in [0.1, 0.15) is 36.8 Å². The van der Waals surface area contributed by atoms with Crippen LogP contribution in [0.3, 0.4) is 0 Å². The van der Waals surface area contributed by atoms with E-state index in [1.54, 1.807) is 18.4 Å². The molecule has 4 aromatic rings. The van der Waals surface area contributed by atoms with Gasteiger partial charge in [0.25, 0.3) is 5.56 Å². The van der Waals surface area contributed by atoms with E-state index in [2.05, 4.69) is 4.98 Å². The third-order valence-corrected chi connectivity index (χ3v) is 5.80. The van der Waals surface area contributed by atoms with E-state index in [1.807, 2.05) is 49.6 Å². The maximum atomic E-state index is 13.3. The number of fused-ring (bicyclic) bond motifs is 3. The number of hydrogen-bond acceptors (Lipinski definition) is 4. The number of Topliss-reactive ketones (excluding diaryl/α,β-unsaturated/α-hetero) is 1. The van der Waals surface area contributed by atoms with E-state index in [0.717, 1.165) is 27.2 Å². The van der Waals surface area contributed by atoms with Gasteiger partial charge in [0.05, 0.1) is 11.7 Å². The Hall–Kier alpha value is -3.42. The van der Waals surface area contributed by atoms with Crippen molar-refractivity contribution in [3.05, 3.63) is 62.1 Å². The third-order valence-electron chi connectivity index (χ3n) is 5.80. The minimum atomic E-state index is -0.851. The van der Waals surface area contributed by atoms with Gasteiger partial charge in [0.2, 0.25) is 5.78 Å². The smallest absolute Gasteiger partial charge is 0.298 e. The van der Waals surface area contributed by atoms with E-state index in [0.29, 0.717) is 16.9 Å². The second-order valence-electron chi connectivity index (χ2n) is 7.52. The fraction of sp³-hybridized carbons (Fsp3) is 0.333. The highest BCUT2D eigenvalue weighted by atomic mass is 16.2. The number of para-hydroxylation sites is 1. The Labute approximate surface area is 166 Å². The first-order valence-electron chi connectivity index (χ1n) is 9.44. The maximum Gasteiger partial charge on any atom is 0.333 e. The molecule has 1 atom stereocenters. The predicted molar refractivity (Wildman–Crippen MR) is 111 cm³/mol. The van der Waals surface area contributed by atoms with Crippen LogP contribution < -0.4 is 11.2 Å². The highest BCUT2D eigenvalue weighted by Crippen LogP contribution is 2.26. The van der Waals surface area contributed by atoms with Crippen LogP contribution in [0.2, 0.25) is 0 Å². The maximum absolute atomic E-state index is 13.3. The molecule has 8 heteroatoms. The van der Waals surface area contributed by atoms with Crippen LogP contribution in [0.5, 0.6) is 0 Å². The lowest BCUT2D eigenvalue weighted by Crippen LogP contribution is -2.42. The quantitative estimate of drug-likeness (QED) is 0.534. The van der Waals surface area contributed by atoms with Crippen LogP contribution in [-0.4, -0.2) is 28.9 Å². The molecule has 8 nitrogen and oxygen atoms in total. The molecule has 29 heavy (non-hydrogen) atoms. The fourth-order valence-corrected chi connectivity index (χ4v) is 3.84. The van der Waals surface area contributed by atoms with Gasteiger partial charge >= 0.3 is 5.69 Å². The van der Waals surface area contributed by atoms with Crippen molar-refractivity contribution in [3.8, 4) is 5.69 Å². The van der Waals surface area contributed by atoms with Crippen molar-refractivity contribution < 1.29 is 4.79 Å². The van der Waals surface area contributed by atoms with Crippen molar-refractivity contribution in [2.24, 2.45) is 7.05 Å². The third kappa shape index (κ3) is 2.45. The van der Waals surface area contributed by atoms with Crippen molar-refractivity contribution in [1.29, 1.82) is 0 Å². The molecule has 0 amide bonds. The number of aromatic nitrogens is 5. The molecule has 0 N–H and O–H groups in total. The zero-order valence-electron chi connectivity index (χ0n) is 17.3. The molecular weight excluding hydrogens is 370 g/mol. The van der Waals surface area contributed by atoms with Crippen molar-refractivity contribution >= 4 is 22.7 Å². The van der Waals surface area contributed by atoms with Gasteiger partial charge in [0.1, 0.15) is 0 Å². The molecule has 0 saturated heterocycles. The zero-order valence-corrected chi connectivity index (χ0v) is 17.3. The summed E-state index contributed by atoms with van der Waals surface area (Å²) in [5.41, 5.74) is 3.35. The molecule has 0 aliphatic carbocycles.